The van der Waals surface area contributed by atoms with Crippen LogP contribution in [0.25, 0.3) is 0 Å². The Hall–Kier alpha value is -3.14. The van der Waals surface area contributed by atoms with Crippen molar-refractivity contribution < 1.29 is 19.1 Å². The van der Waals surface area contributed by atoms with Gasteiger partial charge in [0.2, 0.25) is 5.91 Å². The van der Waals surface area contributed by atoms with Gasteiger partial charge >= 0.3 is 5.97 Å². The topological polar surface area (TPSA) is 117 Å². The number of aliphatic imine (C=N–C) groups is 1. The fraction of sp³-hybridized carbons (Fsp3) is 0.235. The number of nitrogens with one attached hydrogen (secondary N) is 2. The number of carbonyl (C=O) groups is 3. The van der Waals surface area contributed by atoms with Gasteiger partial charge in [0.25, 0.3) is 5.91 Å². The average molecular weight is 387 g/mol. The van der Waals surface area contributed by atoms with E-state index in [1.54, 1.807) is 31.3 Å². The van der Waals surface area contributed by atoms with Crippen LogP contribution in [0, 0.1) is 0 Å². The monoisotopic (exact) mass is 387 g/mol. The van der Waals surface area contributed by atoms with Gasteiger partial charge in [0, 0.05) is 12.7 Å². The standard InChI is InChI=1S/C17H17N5O4S/c1-22-16(25)11(8-12(23)26-2)27-17(22)21-14-13(18-9-19-14)15(24)20-10-6-4-3-5-7-10/h3-7,9,11H,8H2,1-2H3,(H,18,19)(H,20,24)/t11-/m0/s1. The van der Waals surface area contributed by atoms with E-state index >= 15 is 0 Å². The number of aromatic nitrogens is 2. The molecule has 0 radical (unpaired) electrons. The molecule has 1 aliphatic rings. The van der Waals surface area contributed by atoms with Crippen molar-refractivity contribution in [2.24, 2.45) is 4.99 Å². The van der Waals surface area contributed by atoms with Crippen LogP contribution in [0.4, 0.5) is 11.5 Å². The Bertz CT molecular complexity index is 896. The molecule has 1 aromatic carbocycles. The number of esters is 1. The Kier molecular flexibility index (Phi) is 5.55. The van der Waals surface area contributed by atoms with Gasteiger partial charge in [-0.15, -0.1) is 0 Å². The van der Waals surface area contributed by atoms with Crippen LogP contribution in [0.3, 0.4) is 0 Å². The maximum atomic E-state index is 12.5. The van der Waals surface area contributed by atoms with Gasteiger partial charge in [-0.1, -0.05) is 30.0 Å². The molecule has 10 heteroatoms. The lowest BCUT2D eigenvalue weighted by atomic mass is 10.3. The van der Waals surface area contributed by atoms with Crippen LogP contribution in [-0.4, -0.2) is 57.2 Å². The van der Waals surface area contributed by atoms with Crippen molar-refractivity contribution in [1.82, 2.24) is 14.9 Å². The molecule has 1 fully saturated rings. The second-order valence-electron chi connectivity index (χ2n) is 5.60. The number of methoxy groups -OCH3 is 1. The number of carbonyl (C=O) groups excluding carboxylic acids is 3. The Morgan fingerprint density at radius 2 is 2.11 bits per heavy atom. The lowest BCUT2D eigenvalue weighted by molar-refractivity contribution is -0.142. The summed E-state index contributed by atoms with van der Waals surface area (Å²) in [5, 5.41) is 2.49. The highest BCUT2D eigenvalue weighted by molar-refractivity contribution is 8.15. The normalized spacial score (nSPS) is 18.0. The van der Waals surface area contributed by atoms with Crippen LogP contribution in [0.1, 0.15) is 16.9 Å². The number of thioether (sulfide) groups is 1. The smallest absolute Gasteiger partial charge is 0.307 e. The number of hydrogen-bond acceptors (Lipinski definition) is 7. The van der Waals surface area contributed by atoms with E-state index in [4.69, 9.17) is 0 Å². The van der Waals surface area contributed by atoms with Crippen molar-refractivity contribution in [3.63, 3.8) is 0 Å². The molecule has 2 aromatic rings. The summed E-state index contributed by atoms with van der Waals surface area (Å²) in [5.74, 6) is -0.974. The molecule has 9 nitrogen and oxygen atoms in total. The molecule has 1 saturated heterocycles. The first kappa shape index (κ1) is 18.6. The molecule has 1 aromatic heterocycles. The summed E-state index contributed by atoms with van der Waals surface area (Å²) in [4.78, 5) is 48.7. The van der Waals surface area contributed by atoms with Crippen molar-refractivity contribution in [3.8, 4) is 0 Å². The van der Waals surface area contributed by atoms with E-state index < -0.39 is 17.1 Å². The number of benzene rings is 1. The number of hydrogen-bond donors (Lipinski definition) is 2. The first-order chi connectivity index (χ1) is 13.0. The number of amides is 2. The van der Waals surface area contributed by atoms with Crippen LogP contribution in [0.5, 0.6) is 0 Å². The number of imidazole rings is 1. The molecule has 2 amide bonds. The second kappa shape index (κ2) is 8.04. The Morgan fingerprint density at radius 3 is 2.81 bits per heavy atom. The molecule has 0 unspecified atom stereocenters. The molecule has 2 N–H and O–H groups in total. The molecule has 0 spiro atoms. The third-order valence-electron chi connectivity index (χ3n) is 3.80. The van der Waals surface area contributed by atoms with E-state index in [1.165, 1.54) is 18.3 Å². The highest BCUT2D eigenvalue weighted by Crippen LogP contribution is 2.31. The lowest BCUT2D eigenvalue weighted by Gasteiger charge is -2.08. The maximum absolute atomic E-state index is 12.5. The third-order valence-corrected chi connectivity index (χ3v) is 5.03. The zero-order valence-corrected chi connectivity index (χ0v) is 15.4. The van der Waals surface area contributed by atoms with E-state index in [0.29, 0.717) is 10.9 Å². The predicted molar refractivity (Wildman–Crippen MR) is 101 cm³/mol. The molecular formula is C17H17N5O4S. The number of ether oxygens (including phenoxy) is 1. The summed E-state index contributed by atoms with van der Waals surface area (Å²) in [6.07, 6.45) is 1.30. The zero-order chi connectivity index (χ0) is 19.4. The van der Waals surface area contributed by atoms with Gasteiger partial charge in [-0.05, 0) is 12.1 Å². The molecule has 2 heterocycles. The highest BCUT2D eigenvalue weighted by atomic mass is 32.2. The molecule has 0 aliphatic carbocycles. The molecule has 0 bridgehead atoms. The van der Waals surface area contributed by atoms with Crippen LogP contribution in [0.2, 0.25) is 0 Å². The molecular weight excluding hydrogens is 370 g/mol. The first-order valence-corrected chi connectivity index (χ1v) is 8.87. The predicted octanol–water partition coefficient (Wildman–Crippen LogP) is 1.79. The van der Waals surface area contributed by atoms with Crippen molar-refractivity contribution in [1.29, 1.82) is 0 Å². The number of rotatable bonds is 5. The summed E-state index contributed by atoms with van der Waals surface area (Å²) in [6.45, 7) is 0. The zero-order valence-electron chi connectivity index (χ0n) is 14.6. The van der Waals surface area contributed by atoms with E-state index in [9.17, 15) is 14.4 Å². The molecule has 27 heavy (non-hydrogen) atoms. The summed E-state index contributed by atoms with van der Waals surface area (Å²) in [7, 11) is 2.83. The number of H-pyrrole nitrogens is 1. The van der Waals surface area contributed by atoms with Crippen molar-refractivity contribution in [2.45, 2.75) is 11.7 Å². The summed E-state index contributed by atoms with van der Waals surface area (Å²) in [5.41, 5.74) is 0.806. The largest absolute Gasteiger partial charge is 0.469 e. The Labute approximate surface area is 159 Å². The number of aromatic amines is 1. The fourth-order valence-electron chi connectivity index (χ4n) is 2.38. The van der Waals surface area contributed by atoms with Crippen LogP contribution >= 0.6 is 11.8 Å². The fourth-order valence-corrected chi connectivity index (χ4v) is 3.50. The number of nitrogens with zero attached hydrogens (tertiary/aromatic N) is 3. The second-order valence-corrected chi connectivity index (χ2v) is 6.77. The third kappa shape index (κ3) is 4.17. The summed E-state index contributed by atoms with van der Waals surface area (Å²) < 4.78 is 4.61. The van der Waals surface area contributed by atoms with Gasteiger partial charge in [0.1, 0.15) is 5.25 Å². The van der Waals surface area contributed by atoms with Gasteiger partial charge in [0.15, 0.2) is 16.7 Å². The van der Waals surface area contributed by atoms with E-state index in [2.05, 4.69) is 25.0 Å². The summed E-state index contributed by atoms with van der Waals surface area (Å²) >= 11 is 1.13. The molecule has 140 valence electrons. The Morgan fingerprint density at radius 1 is 1.37 bits per heavy atom. The number of amidine groups is 1. The van der Waals surface area contributed by atoms with Gasteiger partial charge in [0.05, 0.1) is 19.9 Å². The van der Waals surface area contributed by atoms with E-state index in [0.717, 1.165) is 11.8 Å². The van der Waals surface area contributed by atoms with Crippen molar-refractivity contribution in [2.75, 3.05) is 19.5 Å². The molecule has 0 saturated carbocycles. The quantitative estimate of drug-likeness (QED) is 0.756. The van der Waals surface area contributed by atoms with Gasteiger partial charge in [-0.2, -0.15) is 0 Å². The van der Waals surface area contributed by atoms with Crippen molar-refractivity contribution >= 4 is 46.2 Å². The Balaban J connectivity index is 1.78. The van der Waals surface area contributed by atoms with E-state index in [1.807, 2.05) is 6.07 Å². The van der Waals surface area contributed by atoms with Crippen LogP contribution in [-0.2, 0) is 14.3 Å². The van der Waals surface area contributed by atoms with Crippen molar-refractivity contribution in [3.05, 3.63) is 42.4 Å². The van der Waals surface area contributed by atoms with Gasteiger partial charge in [-0.25, -0.2) is 9.98 Å². The molecule has 3 rings (SSSR count). The number of para-hydroxylation sites is 1. The van der Waals surface area contributed by atoms with Gasteiger partial charge < -0.3 is 15.0 Å². The minimum absolute atomic E-state index is 0.0503. The van der Waals surface area contributed by atoms with E-state index in [-0.39, 0.29) is 23.8 Å². The van der Waals surface area contributed by atoms with Crippen LogP contribution < -0.4 is 5.32 Å². The van der Waals surface area contributed by atoms with Gasteiger partial charge in [-0.3, -0.25) is 19.3 Å². The number of anilines is 1. The minimum Gasteiger partial charge on any atom is -0.469 e. The molecule has 1 aliphatic heterocycles. The lowest BCUT2D eigenvalue weighted by Crippen LogP contribution is -2.29. The first-order valence-electron chi connectivity index (χ1n) is 7.99. The van der Waals surface area contributed by atoms with Crippen LogP contribution in [0.15, 0.2) is 41.7 Å². The molecule has 1 atom stereocenters. The average Bonchev–Trinajstić information content (AvgIpc) is 3.23. The maximum Gasteiger partial charge on any atom is 0.307 e. The summed E-state index contributed by atoms with van der Waals surface area (Å²) in [6, 6.07) is 8.98. The highest BCUT2D eigenvalue weighted by Gasteiger charge is 2.37. The minimum atomic E-state index is -0.610. The SMILES string of the molecule is COC(=O)C[C@@H]1SC(=Nc2nc[nH]c2C(=O)Nc2ccccc2)N(C)C1=O.